The van der Waals surface area contributed by atoms with Crippen molar-refractivity contribution in [1.29, 1.82) is 0 Å². The quantitative estimate of drug-likeness (QED) is 0.699. The second-order valence-corrected chi connectivity index (χ2v) is 5.99. The summed E-state index contributed by atoms with van der Waals surface area (Å²) in [6.45, 7) is 4.23. The van der Waals surface area contributed by atoms with E-state index >= 15 is 0 Å². The molecule has 0 saturated carbocycles. The van der Waals surface area contributed by atoms with Gasteiger partial charge in [0, 0.05) is 16.1 Å². The molecule has 18 heavy (non-hydrogen) atoms. The van der Waals surface area contributed by atoms with E-state index in [0.717, 1.165) is 21.7 Å². The van der Waals surface area contributed by atoms with E-state index in [0.29, 0.717) is 16.4 Å². The standard InChI is InChI=1S/C12H12Br2ClN3/c1-7(2)18-11(6-13)16-17-12(18)8-3-4-10(15)9(14)5-8/h3-5,7H,6H2,1-2H3. The van der Waals surface area contributed by atoms with Gasteiger partial charge in [-0.15, -0.1) is 10.2 Å². The van der Waals surface area contributed by atoms with E-state index in [4.69, 9.17) is 11.6 Å². The van der Waals surface area contributed by atoms with Gasteiger partial charge in [0.05, 0.1) is 10.4 Å². The lowest BCUT2D eigenvalue weighted by atomic mass is 10.2. The summed E-state index contributed by atoms with van der Waals surface area (Å²) in [6.07, 6.45) is 0. The summed E-state index contributed by atoms with van der Waals surface area (Å²) in [5.74, 6) is 1.78. The minimum atomic E-state index is 0.303. The average molecular weight is 394 g/mol. The molecule has 0 saturated heterocycles. The number of hydrogen-bond acceptors (Lipinski definition) is 2. The summed E-state index contributed by atoms with van der Waals surface area (Å²) >= 11 is 12.9. The summed E-state index contributed by atoms with van der Waals surface area (Å²) in [4.78, 5) is 0. The highest BCUT2D eigenvalue weighted by atomic mass is 79.9. The monoisotopic (exact) mass is 391 g/mol. The molecule has 3 nitrogen and oxygen atoms in total. The molecule has 96 valence electrons. The van der Waals surface area contributed by atoms with Crippen LogP contribution >= 0.6 is 43.5 Å². The van der Waals surface area contributed by atoms with Crippen LogP contribution in [0.5, 0.6) is 0 Å². The van der Waals surface area contributed by atoms with Gasteiger partial charge in [-0.25, -0.2) is 0 Å². The van der Waals surface area contributed by atoms with Gasteiger partial charge in [-0.1, -0.05) is 27.5 Å². The van der Waals surface area contributed by atoms with Gasteiger partial charge in [-0.2, -0.15) is 0 Å². The van der Waals surface area contributed by atoms with Crippen molar-refractivity contribution < 1.29 is 0 Å². The highest BCUT2D eigenvalue weighted by Gasteiger charge is 2.16. The van der Waals surface area contributed by atoms with Gasteiger partial charge in [0.1, 0.15) is 5.82 Å². The zero-order valence-electron chi connectivity index (χ0n) is 9.99. The Morgan fingerprint density at radius 1 is 1.33 bits per heavy atom. The summed E-state index contributed by atoms with van der Waals surface area (Å²) in [5, 5.41) is 9.85. The minimum Gasteiger partial charge on any atom is -0.308 e. The topological polar surface area (TPSA) is 30.7 Å². The summed E-state index contributed by atoms with van der Waals surface area (Å²) < 4.78 is 2.98. The van der Waals surface area contributed by atoms with Gasteiger partial charge < -0.3 is 4.57 Å². The molecule has 0 N–H and O–H groups in total. The first kappa shape index (κ1) is 14.0. The molecular weight excluding hydrogens is 381 g/mol. The molecule has 0 radical (unpaired) electrons. The molecule has 0 unspecified atom stereocenters. The maximum atomic E-state index is 6.01. The molecule has 0 atom stereocenters. The fraction of sp³-hybridized carbons (Fsp3) is 0.333. The number of rotatable bonds is 3. The van der Waals surface area contributed by atoms with Crippen molar-refractivity contribution in [3.05, 3.63) is 33.5 Å². The van der Waals surface area contributed by atoms with Crippen LogP contribution < -0.4 is 0 Å². The van der Waals surface area contributed by atoms with Crippen LogP contribution in [-0.4, -0.2) is 14.8 Å². The zero-order chi connectivity index (χ0) is 13.3. The molecule has 1 aromatic heterocycles. The van der Waals surface area contributed by atoms with E-state index in [1.54, 1.807) is 0 Å². The second-order valence-electron chi connectivity index (χ2n) is 4.17. The molecule has 1 aromatic carbocycles. The highest BCUT2D eigenvalue weighted by Crippen LogP contribution is 2.29. The zero-order valence-corrected chi connectivity index (χ0v) is 13.9. The van der Waals surface area contributed by atoms with Crippen molar-refractivity contribution in [1.82, 2.24) is 14.8 Å². The highest BCUT2D eigenvalue weighted by molar-refractivity contribution is 9.10. The van der Waals surface area contributed by atoms with E-state index in [-0.39, 0.29) is 0 Å². The fourth-order valence-electron chi connectivity index (χ4n) is 1.79. The van der Waals surface area contributed by atoms with Gasteiger partial charge in [0.2, 0.25) is 0 Å². The Balaban J connectivity index is 2.56. The number of alkyl halides is 1. The Morgan fingerprint density at radius 2 is 2.06 bits per heavy atom. The predicted molar refractivity (Wildman–Crippen MR) is 81.2 cm³/mol. The summed E-state index contributed by atoms with van der Waals surface area (Å²) in [7, 11) is 0. The van der Waals surface area contributed by atoms with E-state index < -0.39 is 0 Å². The third kappa shape index (κ3) is 2.63. The van der Waals surface area contributed by atoms with Crippen LogP contribution in [0.2, 0.25) is 5.02 Å². The Bertz CT molecular complexity index is 566. The number of halogens is 3. The van der Waals surface area contributed by atoms with Gasteiger partial charge in [-0.3, -0.25) is 0 Å². The molecule has 2 aromatic rings. The molecule has 1 heterocycles. The van der Waals surface area contributed by atoms with E-state index in [1.165, 1.54) is 0 Å². The van der Waals surface area contributed by atoms with Crippen LogP contribution in [0.15, 0.2) is 22.7 Å². The number of hydrogen-bond donors (Lipinski definition) is 0. The molecule has 2 rings (SSSR count). The molecule has 0 aliphatic carbocycles. The first-order valence-electron chi connectivity index (χ1n) is 5.49. The van der Waals surface area contributed by atoms with Crippen molar-refractivity contribution in [3.8, 4) is 11.4 Å². The second kappa shape index (κ2) is 5.72. The lowest BCUT2D eigenvalue weighted by molar-refractivity contribution is 0.586. The first-order chi connectivity index (χ1) is 8.54. The first-order valence-corrected chi connectivity index (χ1v) is 7.79. The summed E-state index contributed by atoms with van der Waals surface area (Å²) in [6, 6.07) is 6.07. The van der Waals surface area contributed by atoms with E-state index in [1.807, 2.05) is 18.2 Å². The minimum absolute atomic E-state index is 0.303. The van der Waals surface area contributed by atoms with Crippen LogP contribution in [-0.2, 0) is 5.33 Å². The van der Waals surface area contributed by atoms with Gasteiger partial charge in [0.15, 0.2) is 5.82 Å². The normalized spacial score (nSPS) is 11.2. The molecule has 0 spiro atoms. The molecule has 0 aliphatic heterocycles. The van der Waals surface area contributed by atoms with Crippen LogP contribution in [0, 0.1) is 0 Å². The maximum Gasteiger partial charge on any atom is 0.164 e. The van der Waals surface area contributed by atoms with Crippen molar-refractivity contribution in [3.63, 3.8) is 0 Å². The average Bonchev–Trinajstić information content (AvgIpc) is 2.76. The molecule has 0 bridgehead atoms. The molecule has 0 amide bonds. The Labute approximate surface area is 128 Å². The van der Waals surface area contributed by atoms with Gasteiger partial charge in [0.25, 0.3) is 0 Å². The molecule has 0 aliphatic rings. The maximum absolute atomic E-state index is 6.01. The Hall–Kier alpha value is -0.390. The van der Waals surface area contributed by atoms with Crippen molar-refractivity contribution in [2.75, 3.05) is 0 Å². The number of nitrogens with zero attached hydrogens (tertiary/aromatic N) is 3. The lowest BCUT2D eigenvalue weighted by Crippen LogP contribution is -2.06. The molecular formula is C12H12Br2ClN3. The van der Waals surface area contributed by atoms with Crippen molar-refractivity contribution in [2.45, 2.75) is 25.2 Å². The number of aromatic nitrogens is 3. The van der Waals surface area contributed by atoms with Crippen LogP contribution in [0.25, 0.3) is 11.4 Å². The number of benzene rings is 1. The van der Waals surface area contributed by atoms with Crippen molar-refractivity contribution >= 4 is 43.5 Å². The largest absolute Gasteiger partial charge is 0.308 e. The van der Waals surface area contributed by atoms with Crippen LogP contribution in [0.1, 0.15) is 25.7 Å². The van der Waals surface area contributed by atoms with E-state index in [2.05, 4.69) is 60.5 Å². The third-order valence-corrected chi connectivity index (χ3v) is 4.30. The fourth-order valence-corrected chi connectivity index (χ4v) is 2.67. The Morgan fingerprint density at radius 3 is 2.61 bits per heavy atom. The third-order valence-electron chi connectivity index (χ3n) is 2.58. The SMILES string of the molecule is CC(C)n1c(CBr)nnc1-c1ccc(Cl)c(Br)c1. The predicted octanol–water partition coefficient (Wildman–Crippen LogP) is 4.84. The smallest absolute Gasteiger partial charge is 0.164 e. The van der Waals surface area contributed by atoms with E-state index in [9.17, 15) is 0 Å². The molecule has 6 heteroatoms. The van der Waals surface area contributed by atoms with Gasteiger partial charge >= 0.3 is 0 Å². The van der Waals surface area contributed by atoms with Gasteiger partial charge in [-0.05, 0) is 48.0 Å². The van der Waals surface area contributed by atoms with Crippen molar-refractivity contribution in [2.24, 2.45) is 0 Å². The summed E-state index contributed by atoms with van der Waals surface area (Å²) in [5.41, 5.74) is 1.000. The molecule has 0 fully saturated rings. The van der Waals surface area contributed by atoms with Crippen LogP contribution in [0.4, 0.5) is 0 Å². The van der Waals surface area contributed by atoms with Crippen LogP contribution in [0.3, 0.4) is 0 Å². The lowest BCUT2D eigenvalue weighted by Gasteiger charge is -2.13. The Kier molecular flexibility index (Phi) is 4.45.